The number of pyridine rings is 1. The van der Waals surface area contributed by atoms with Crippen molar-refractivity contribution in [1.29, 1.82) is 0 Å². The van der Waals surface area contributed by atoms with E-state index in [1.54, 1.807) is 58.2 Å². The van der Waals surface area contributed by atoms with Crippen LogP contribution in [0.2, 0.25) is 0 Å². The molecule has 1 fully saturated rings. The van der Waals surface area contributed by atoms with Gasteiger partial charge in [0, 0.05) is 18.5 Å². The molecule has 0 spiro atoms. The van der Waals surface area contributed by atoms with Crippen LogP contribution in [-0.4, -0.2) is 63.7 Å². The van der Waals surface area contributed by atoms with E-state index in [4.69, 9.17) is 9.47 Å². The lowest BCUT2D eigenvalue weighted by Gasteiger charge is -2.25. The summed E-state index contributed by atoms with van der Waals surface area (Å²) in [5.41, 5.74) is 0.0193. The molecule has 4 rings (SSSR count). The third-order valence-corrected chi connectivity index (χ3v) is 6.23. The summed E-state index contributed by atoms with van der Waals surface area (Å²) in [5, 5.41) is 3.03. The third-order valence-electron chi connectivity index (χ3n) is 6.23. The van der Waals surface area contributed by atoms with Crippen LogP contribution in [0.1, 0.15) is 46.5 Å². The van der Waals surface area contributed by atoms with Gasteiger partial charge in [-0.25, -0.2) is 9.97 Å². The fraction of sp³-hybridized carbons (Fsp3) is 0.464. The van der Waals surface area contributed by atoms with Crippen LogP contribution in [0, 0.1) is 0 Å². The zero-order valence-corrected chi connectivity index (χ0v) is 22.5. The van der Waals surface area contributed by atoms with Crippen LogP contribution in [0.4, 0.5) is 5.69 Å². The van der Waals surface area contributed by atoms with Crippen LogP contribution >= 0.6 is 0 Å². The van der Waals surface area contributed by atoms with Crippen molar-refractivity contribution < 1.29 is 19.1 Å². The van der Waals surface area contributed by atoms with Gasteiger partial charge in [0.2, 0.25) is 5.91 Å². The van der Waals surface area contributed by atoms with Crippen LogP contribution < -0.4 is 15.6 Å². The number of benzene rings is 1. The van der Waals surface area contributed by atoms with Gasteiger partial charge in [-0.2, -0.15) is 0 Å². The van der Waals surface area contributed by atoms with E-state index in [1.807, 2.05) is 0 Å². The van der Waals surface area contributed by atoms with E-state index in [-0.39, 0.29) is 29.3 Å². The Morgan fingerprint density at radius 3 is 2.58 bits per heavy atom. The van der Waals surface area contributed by atoms with Crippen molar-refractivity contribution in [3.63, 3.8) is 0 Å². The minimum Gasteiger partial charge on any atom is -0.497 e. The largest absolute Gasteiger partial charge is 0.497 e. The van der Waals surface area contributed by atoms with Crippen LogP contribution in [0.15, 0.2) is 41.3 Å². The molecule has 1 aromatic carbocycles. The van der Waals surface area contributed by atoms with Gasteiger partial charge in [-0.3, -0.25) is 19.0 Å². The number of likely N-dealkylation sites (tertiary alicyclic amines) is 1. The molecule has 0 saturated carbocycles. The number of piperidine rings is 1. The SMILES string of the molecule is COc1cccc(-c2nc3ncc(NC(=O)CCN4CCCCC4)cc3c(=O)n2CC(=O)OC(C)(C)C)c1. The molecule has 0 unspecified atom stereocenters. The molecular weight excluding hydrogens is 486 g/mol. The number of methoxy groups -OCH3 is 1. The molecule has 202 valence electrons. The molecule has 3 aromatic rings. The lowest BCUT2D eigenvalue weighted by Crippen LogP contribution is -2.32. The van der Waals surface area contributed by atoms with Crippen molar-refractivity contribution in [2.24, 2.45) is 0 Å². The van der Waals surface area contributed by atoms with E-state index in [1.165, 1.54) is 17.2 Å². The molecule has 2 aromatic heterocycles. The highest BCUT2D eigenvalue weighted by Crippen LogP contribution is 2.24. The number of carbonyl (C=O) groups is 2. The maximum Gasteiger partial charge on any atom is 0.326 e. The summed E-state index contributed by atoms with van der Waals surface area (Å²) in [5.74, 6) is 0.126. The lowest BCUT2D eigenvalue weighted by atomic mass is 10.1. The van der Waals surface area contributed by atoms with Gasteiger partial charge in [-0.1, -0.05) is 18.6 Å². The van der Waals surface area contributed by atoms with Crippen molar-refractivity contribution in [3.05, 3.63) is 46.9 Å². The van der Waals surface area contributed by atoms with Crippen molar-refractivity contribution in [2.45, 2.75) is 58.6 Å². The number of anilines is 1. The summed E-state index contributed by atoms with van der Waals surface area (Å²) in [7, 11) is 1.55. The zero-order chi connectivity index (χ0) is 27.3. The lowest BCUT2D eigenvalue weighted by molar-refractivity contribution is -0.155. The molecule has 0 bridgehead atoms. The van der Waals surface area contributed by atoms with E-state index >= 15 is 0 Å². The van der Waals surface area contributed by atoms with E-state index in [0.717, 1.165) is 25.9 Å². The van der Waals surface area contributed by atoms with Gasteiger partial charge in [0.1, 0.15) is 23.7 Å². The van der Waals surface area contributed by atoms with Gasteiger partial charge in [0.05, 0.1) is 24.4 Å². The molecule has 1 N–H and O–H groups in total. The number of esters is 1. The predicted molar refractivity (Wildman–Crippen MR) is 145 cm³/mol. The second kappa shape index (κ2) is 11.7. The van der Waals surface area contributed by atoms with Crippen molar-refractivity contribution in [2.75, 3.05) is 32.1 Å². The topological polar surface area (TPSA) is 116 Å². The standard InChI is InChI=1S/C28H35N5O5/c1-28(2,3)38-24(35)18-33-26(19-9-8-10-21(15-19)37-4)31-25-22(27(33)36)16-20(17-29-25)30-23(34)11-14-32-12-6-5-7-13-32/h8-10,15-17H,5-7,11-14,18H2,1-4H3,(H,30,34). The average Bonchev–Trinajstić information content (AvgIpc) is 2.89. The molecule has 0 atom stereocenters. The molecule has 0 radical (unpaired) electrons. The predicted octanol–water partition coefficient (Wildman–Crippen LogP) is 3.62. The molecule has 1 amide bonds. The normalized spacial score (nSPS) is 14.3. The number of hydrogen-bond donors (Lipinski definition) is 1. The summed E-state index contributed by atoms with van der Waals surface area (Å²) in [6.07, 6.45) is 5.41. The maximum atomic E-state index is 13.7. The Bertz CT molecular complexity index is 1370. The van der Waals surface area contributed by atoms with Crippen LogP contribution in [0.25, 0.3) is 22.4 Å². The molecule has 10 heteroatoms. The van der Waals surface area contributed by atoms with Gasteiger partial charge < -0.3 is 19.7 Å². The first-order chi connectivity index (χ1) is 18.1. The second-order valence-corrected chi connectivity index (χ2v) is 10.4. The minimum atomic E-state index is -0.714. The average molecular weight is 522 g/mol. The van der Waals surface area contributed by atoms with Crippen molar-refractivity contribution in [3.8, 4) is 17.1 Å². The zero-order valence-electron chi connectivity index (χ0n) is 22.5. The van der Waals surface area contributed by atoms with Gasteiger partial charge in [0.15, 0.2) is 5.65 Å². The van der Waals surface area contributed by atoms with E-state index < -0.39 is 17.1 Å². The highest BCUT2D eigenvalue weighted by atomic mass is 16.6. The van der Waals surface area contributed by atoms with Crippen molar-refractivity contribution >= 4 is 28.6 Å². The smallest absolute Gasteiger partial charge is 0.326 e. The second-order valence-electron chi connectivity index (χ2n) is 10.4. The Kier molecular flexibility index (Phi) is 8.41. The van der Waals surface area contributed by atoms with Crippen LogP contribution in [0.5, 0.6) is 5.75 Å². The monoisotopic (exact) mass is 521 g/mol. The molecule has 38 heavy (non-hydrogen) atoms. The highest BCUT2D eigenvalue weighted by Gasteiger charge is 2.21. The number of nitrogens with zero attached hydrogens (tertiary/aromatic N) is 4. The van der Waals surface area contributed by atoms with Gasteiger partial charge in [-0.05, 0) is 64.9 Å². The fourth-order valence-electron chi connectivity index (χ4n) is 4.47. The van der Waals surface area contributed by atoms with E-state index in [0.29, 0.717) is 30.0 Å². The summed E-state index contributed by atoms with van der Waals surface area (Å²) in [4.78, 5) is 50.3. The number of nitrogens with one attached hydrogen (secondary N) is 1. The van der Waals surface area contributed by atoms with Gasteiger partial charge >= 0.3 is 5.97 Å². The molecule has 1 aliphatic heterocycles. The van der Waals surface area contributed by atoms with Gasteiger partial charge in [-0.15, -0.1) is 0 Å². The summed E-state index contributed by atoms with van der Waals surface area (Å²) < 4.78 is 12.1. The Hall–Kier alpha value is -3.79. The molecule has 1 aliphatic rings. The Morgan fingerprint density at radius 1 is 1.11 bits per heavy atom. The van der Waals surface area contributed by atoms with E-state index in [9.17, 15) is 14.4 Å². The van der Waals surface area contributed by atoms with E-state index in [2.05, 4.69) is 20.2 Å². The Balaban J connectivity index is 1.65. The van der Waals surface area contributed by atoms with Gasteiger partial charge in [0.25, 0.3) is 5.56 Å². The fourth-order valence-corrected chi connectivity index (χ4v) is 4.47. The molecular formula is C28H35N5O5. The number of carbonyl (C=O) groups excluding carboxylic acids is 2. The number of ether oxygens (including phenoxy) is 2. The number of hydrogen-bond acceptors (Lipinski definition) is 8. The Labute approximate surface area is 222 Å². The summed E-state index contributed by atoms with van der Waals surface area (Å²) in [6.45, 7) is 7.68. The molecule has 1 saturated heterocycles. The molecule has 3 heterocycles. The number of rotatable bonds is 8. The van der Waals surface area contributed by atoms with Crippen LogP contribution in [-0.2, 0) is 20.9 Å². The third kappa shape index (κ3) is 6.95. The minimum absolute atomic E-state index is 0.147. The maximum absolute atomic E-state index is 13.7. The molecule has 10 nitrogen and oxygen atoms in total. The quantitative estimate of drug-likeness (QED) is 0.447. The first-order valence-corrected chi connectivity index (χ1v) is 12.9. The summed E-state index contributed by atoms with van der Waals surface area (Å²) >= 11 is 0. The first kappa shape index (κ1) is 27.3. The Morgan fingerprint density at radius 2 is 1.87 bits per heavy atom. The molecule has 0 aliphatic carbocycles. The van der Waals surface area contributed by atoms with Crippen LogP contribution in [0.3, 0.4) is 0 Å². The highest BCUT2D eigenvalue weighted by molar-refractivity contribution is 5.92. The summed E-state index contributed by atoms with van der Waals surface area (Å²) in [6, 6.07) is 8.61. The number of fused-ring (bicyclic) bond motifs is 1. The van der Waals surface area contributed by atoms with Crippen molar-refractivity contribution in [1.82, 2.24) is 19.4 Å². The first-order valence-electron chi connectivity index (χ1n) is 12.9. The number of amides is 1. The number of aromatic nitrogens is 3.